The summed E-state index contributed by atoms with van der Waals surface area (Å²) in [7, 11) is 0. The first-order chi connectivity index (χ1) is 13.6. The van der Waals surface area contributed by atoms with E-state index >= 15 is 0 Å². The Morgan fingerprint density at radius 2 is 1.86 bits per heavy atom. The van der Waals surface area contributed by atoms with E-state index in [1.165, 1.54) is 16.7 Å². The summed E-state index contributed by atoms with van der Waals surface area (Å²) < 4.78 is 5.31. The van der Waals surface area contributed by atoms with E-state index in [0.29, 0.717) is 6.42 Å². The van der Waals surface area contributed by atoms with Crippen LogP contribution in [0.4, 0.5) is 9.59 Å². The lowest BCUT2D eigenvalue weighted by molar-refractivity contribution is 0.0881. The number of hydrogen-bond acceptors (Lipinski definition) is 3. The molecule has 0 aliphatic heterocycles. The van der Waals surface area contributed by atoms with Gasteiger partial charge in [-0.2, -0.15) is 0 Å². The number of carboxylic acid groups (broad SMARTS) is 1. The summed E-state index contributed by atoms with van der Waals surface area (Å²) in [4.78, 5) is 23.4. The van der Waals surface area contributed by atoms with Crippen LogP contribution in [0.25, 0.3) is 11.1 Å². The topological polar surface area (TPSA) is 78.9 Å². The largest absolute Gasteiger partial charge is 0.464 e. The second kappa shape index (κ2) is 9.26. The lowest BCUT2D eigenvalue weighted by Crippen LogP contribution is -2.46. The van der Waals surface area contributed by atoms with Crippen LogP contribution >= 0.6 is 0 Å². The van der Waals surface area contributed by atoms with Gasteiger partial charge < -0.3 is 9.84 Å². The van der Waals surface area contributed by atoms with Crippen LogP contribution in [0.1, 0.15) is 49.3 Å². The quantitative estimate of drug-likeness (QED) is 0.447. The SMILES string of the molecule is CCCCCCN(NC(=O)OCc1cccc2c1Cc1ccccc1-2)C(=O)O. The minimum absolute atomic E-state index is 0.103. The van der Waals surface area contributed by atoms with Gasteiger partial charge in [0.1, 0.15) is 6.61 Å². The molecule has 0 atom stereocenters. The fraction of sp³-hybridized carbons (Fsp3) is 0.364. The normalized spacial score (nSPS) is 11.5. The van der Waals surface area contributed by atoms with Gasteiger partial charge in [-0.3, -0.25) is 0 Å². The van der Waals surface area contributed by atoms with Crippen molar-refractivity contribution in [3.63, 3.8) is 0 Å². The molecule has 0 saturated carbocycles. The van der Waals surface area contributed by atoms with Crippen LogP contribution in [-0.2, 0) is 17.8 Å². The van der Waals surface area contributed by atoms with E-state index in [4.69, 9.17) is 4.74 Å². The molecule has 6 nitrogen and oxygen atoms in total. The van der Waals surface area contributed by atoms with Crippen LogP contribution in [0.15, 0.2) is 42.5 Å². The average Bonchev–Trinajstić information content (AvgIpc) is 3.08. The molecule has 28 heavy (non-hydrogen) atoms. The van der Waals surface area contributed by atoms with Crippen molar-refractivity contribution >= 4 is 12.2 Å². The Balaban J connectivity index is 1.57. The number of benzene rings is 2. The van der Waals surface area contributed by atoms with Crippen molar-refractivity contribution in [3.05, 3.63) is 59.2 Å². The second-order valence-corrected chi connectivity index (χ2v) is 6.96. The standard InChI is InChI=1S/C22H26N2O4/c1-2-3-4-7-13-24(22(26)27)23-21(25)28-15-17-10-8-12-19-18-11-6-5-9-16(18)14-20(17)19/h5-6,8-12H,2-4,7,13-15H2,1H3,(H,23,25)(H,26,27). The Hall–Kier alpha value is -3.02. The number of carbonyl (C=O) groups is 2. The summed E-state index contributed by atoms with van der Waals surface area (Å²) in [6.45, 7) is 2.44. The molecule has 0 saturated heterocycles. The highest BCUT2D eigenvalue weighted by Gasteiger charge is 2.21. The van der Waals surface area contributed by atoms with Crippen LogP contribution in [0.2, 0.25) is 0 Å². The Labute approximate surface area is 165 Å². The third kappa shape index (κ3) is 4.63. The first-order valence-electron chi connectivity index (χ1n) is 9.73. The monoisotopic (exact) mass is 382 g/mol. The van der Waals surface area contributed by atoms with E-state index in [1.54, 1.807) is 0 Å². The van der Waals surface area contributed by atoms with Crippen molar-refractivity contribution < 1.29 is 19.4 Å². The third-order valence-corrected chi connectivity index (χ3v) is 5.00. The van der Waals surface area contributed by atoms with Gasteiger partial charge in [0.05, 0.1) is 0 Å². The van der Waals surface area contributed by atoms with Gasteiger partial charge in [-0.25, -0.2) is 20.0 Å². The van der Waals surface area contributed by atoms with E-state index < -0.39 is 12.2 Å². The van der Waals surface area contributed by atoms with Crippen LogP contribution in [-0.4, -0.2) is 28.8 Å². The zero-order valence-corrected chi connectivity index (χ0v) is 16.1. The van der Waals surface area contributed by atoms with Gasteiger partial charge in [0.25, 0.3) is 0 Å². The molecule has 1 aliphatic rings. The van der Waals surface area contributed by atoms with Crippen molar-refractivity contribution in [2.75, 3.05) is 6.54 Å². The van der Waals surface area contributed by atoms with Gasteiger partial charge in [-0.15, -0.1) is 0 Å². The molecule has 2 aromatic rings. The Kier molecular flexibility index (Phi) is 6.53. The van der Waals surface area contributed by atoms with Gasteiger partial charge in [-0.1, -0.05) is 68.7 Å². The van der Waals surface area contributed by atoms with Crippen molar-refractivity contribution in [1.29, 1.82) is 0 Å². The maximum Gasteiger partial charge on any atom is 0.426 e. The zero-order valence-electron chi connectivity index (χ0n) is 16.1. The molecule has 0 unspecified atom stereocenters. The smallest absolute Gasteiger partial charge is 0.426 e. The van der Waals surface area contributed by atoms with E-state index in [-0.39, 0.29) is 13.2 Å². The first-order valence-corrected chi connectivity index (χ1v) is 9.73. The number of fused-ring (bicyclic) bond motifs is 3. The first kappa shape index (κ1) is 19.7. The predicted octanol–water partition coefficient (Wildman–Crippen LogP) is 4.96. The second-order valence-electron chi connectivity index (χ2n) is 6.96. The van der Waals surface area contributed by atoms with Gasteiger partial charge in [-0.05, 0) is 40.7 Å². The number of nitrogens with zero attached hydrogens (tertiary/aromatic N) is 1. The number of ether oxygens (including phenoxy) is 1. The van der Waals surface area contributed by atoms with Crippen LogP contribution < -0.4 is 5.43 Å². The molecular formula is C22H26N2O4. The lowest BCUT2D eigenvalue weighted by Gasteiger charge is -2.20. The van der Waals surface area contributed by atoms with E-state index in [0.717, 1.165) is 41.8 Å². The Bertz CT molecular complexity index is 850. The minimum Gasteiger partial charge on any atom is -0.464 e. The van der Waals surface area contributed by atoms with E-state index in [2.05, 4.69) is 30.5 Å². The molecule has 1 aliphatic carbocycles. The number of unbranched alkanes of at least 4 members (excludes halogenated alkanes) is 3. The molecule has 148 valence electrons. The summed E-state index contributed by atoms with van der Waals surface area (Å²) in [5.41, 5.74) is 8.06. The third-order valence-electron chi connectivity index (χ3n) is 5.00. The average molecular weight is 382 g/mol. The number of nitrogens with one attached hydrogen (secondary N) is 1. The van der Waals surface area contributed by atoms with Gasteiger partial charge >= 0.3 is 12.2 Å². The molecule has 2 N–H and O–H groups in total. The molecule has 2 aromatic carbocycles. The summed E-state index contributed by atoms with van der Waals surface area (Å²) in [5, 5.41) is 10.1. The minimum atomic E-state index is -1.19. The lowest BCUT2D eigenvalue weighted by atomic mass is 10.0. The summed E-state index contributed by atoms with van der Waals surface area (Å²) >= 11 is 0. The maximum atomic E-state index is 12.1. The summed E-state index contributed by atoms with van der Waals surface area (Å²) in [6, 6.07) is 14.2. The van der Waals surface area contributed by atoms with Crippen LogP contribution in [0.3, 0.4) is 0 Å². The molecule has 2 amide bonds. The number of amides is 2. The van der Waals surface area contributed by atoms with E-state index in [1.807, 2.05) is 24.3 Å². The van der Waals surface area contributed by atoms with Crippen LogP contribution in [0, 0.1) is 0 Å². The molecule has 0 bridgehead atoms. The number of hydrogen-bond donors (Lipinski definition) is 2. The van der Waals surface area contributed by atoms with Crippen molar-refractivity contribution in [3.8, 4) is 11.1 Å². The van der Waals surface area contributed by atoms with Gasteiger partial charge in [0.15, 0.2) is 0 Å². The molecule has 0 aromatic heterocycles. The number of carbonyl (C=O) groups excluding carboxylic acids is 1. The highest BCUT2D eigenvalue weighted by molar-refractivity contribution is 5.78. The molecule has 0 spiro atoms. The molecule has 0 fully saturated rings. The molecular weight excluding hydrogens is 356 g/mol. The highest BCUT2D eigenvalue weighted by Crippen LogP contribution is 2.38. The van der Waals surface area contributed by atoms with Crippen LogP contribution in [0.5, 0.6) is 0 Å². The summed E-state index contributed by atoms with van der Waals surface area (Å²) in [5.74, 6) is 0. The van der Waals surface area contributed by atoms with Crippen molar-refractivity contribution in [1.82, 2.24) is 10.4 Å². The maximum absolute atomic E-state index is 12.1. The van der Waals surface area contributed by atoms with Crippen molar-refractivity contribution in [2.24, 2.45) is 0 Å². The number of hydrazine groups is 1. The fourth-order valence-corrected chi connectivity index (χ4v) is 3.54. The highest BCUT2D eigenvalue weighted by atomic mass is 16.6. The predicted molar refractivity (Wildman–Crippen MR) is 107 cm³/mol. The van der Waals surface area contributed by atoms with Gasteiger partial charge in [0, 0.05) is 6.54 Å². The Morgan fingerprint density at radius 1 is 1.07 bits per heavy atom. The molecule has 6 heteroatoms. The Morgan fingerprint density at radius 3 is 2.64 bits per heavy atom. The summed E-state index contributed by atoms with van der Waals surface area (Å²) in [6.07, 6.45) is 2.59. The zero-order chi connectivity index (χ0) is 19.9. The molecule has 0 heterocycles. The number of rotatable bonds is 7. The fourth-order valence-electron chi connectivity index (χ4n) is 3.54. The van der Waals surface area contributed by atoms with E-state index in [9.17, 15) is 14.7 Å². The molecule has 3 rings (SSSR count). The molecule has 0 radical (unpaired) electrons. The van der Waals surface area contributed by atoms with Crippen molar-refractivity contribution in [2.45, 2.75) is 45.6 Å². The van der Waals surface area contributed by atoms with Gasteiger partial charge in [0.2, 0.25) is 0 Å².